The molecule has 10 aromatic rings. The molecule has 0 fully saturated rings. The quantitative estimate of drug-likeness (QED) is 0.169. The van der Waals surface area contributed by atoms with Crippen LogP contribution in [0.2, 0.25) is 0 Å². The third kappa shape index (κ3) is 5.74. The molecule has 312 valence electrons. The highest BCUT2D eigenvalue weighted by atomic mass is 15.1. The molecule has 1 heterocycles. The molecule has 2 nitrogen and oxygen atoms in total. The van der Waals surface area contributed by atoms with E-state index in [1.165, 1.54) is 88.2 Å². The number of fused-ring (bicyclic) bond motifs is 8. The lowest BCUT2D eigenvalue weighted by Crippen LogP contribution is -2.38. The van der Waals surface area contributed by atoms with Crippen molar-refractivity contribution in [2.45, 2.75) is 17.9 Å². The second-order valence-corrected chi connectivity index (χ2v) is 18.3. The Balaban J connectivity index is 1.06. The Morgan fingerprint density at radius 3 is 1.95 bits per heavy atom. The fourth-order valence-corrected chi connectivity index (χ4v) is 11.7. The Morgan fingerprint density at radius 1 is 0.470 bits per heavy atom. The van der Waals surface area contributed by atoms with Gasteiger partial charge in [-0.25, -0.2) is 0 Å². The molecule has 0 radical (unpaired) electrons. The Bertz CT molecular complexity index is 3640. The van der Waals surface area contributed by atoms with E-state index in [-0.39, 0.29) is 11.5 Å². The Hall–Kier alpha value is -8.20. The van der Waals surface area contributed by atoms with Gasteiger partial charge in [0.2, 0.25) is 0 Å². The van der Waals surface area contributed by atoms with Crippen LogP contribution in [0.5, 0.6) is 0 Å². The standard InChI is InChI=1S/C64H46N2/c1-63(37-17-23-45-21-13-15-29-57(45)63)66-61-36-33-48(47-32-35-60(53(39-47)44-19-5-2-6-20-44)65-51-34-31-43-18-11-12-22-46(43)38-51)40-55(61)56-41-59-54(42-62(56)66)52-28-14-16-30-58(52)64(59,49-24-7-3-8-25-49)50-26-9-4-10-27-50/h2-42,57,65H,1H3. The maximum absolute atomic E-state index is 3.80. The number of anilines is 2. The second kappa shape index (κ2) is 14.9. The molecule has 2 atom stereocenters. The highest BCUT2D eigenvalue weighted by molar-refractivity contribution is 6.12. The Kier molecular flexibility index (Phi) is 8.66. The molecule has 1 aromatic heterocycles. The van der Waals surface area contributed by atoms with Crippen LogP contribution < -0.4 is 5.32 Å². The van der Waals surface area contributed by atoms with E-state index >= 15 is 0 Å². The van der Waals surface area contributed by atoms with Crippen molar-refractivity contribution in [2.24, 2.45) is 5.92 Å². The zero-order chi connectivity index (χ0) is 43.8. The maximum Gasteiger partial charge on any atom is 0.0713 e. The molecule has 0 saturated heterocycles. The first-order valence-electron chi connectivity index (χ1n) is 23.1. The molecule has 0 aliphatic heterocycles. The lowest BCUT2D eigenvalue weighted by molar-refractivity contribution is 0.355. The van der Waals surface area contributed by atoms with Crippen LogP contribution in [0.25, 0.3) is 66.0 Å². The van der Waals surface area contributed by atoms with Gasteiger partial charge in [-0.1, -0.05) is 200 Å². The molecule has 9 aromatic carbocycles. The van der Waals surface area contributed by atoms with Crippen molar-refractivity contribution in [3.8, 4) is 33.4 Å². The van der Waals surface area contributed by atoms with Crippen molar-refractivity contribution in [3.63, 3.8) is 0 Å². The van der Waals surface area contributed by atoms with Crippen LogP contribution in [0.3, 0.4) is 0 Å². The fraction of sp³-hybridized carbons (Fsp3) is 0.0625. The Labute approximate surface area is 385 Å². The van der Waals surface area contributed by atoms with E-state index in [0.717, 1.165) is 16.9 Å². The molecule has 2 heteroatoms. The van der Waals surface area contributed by atoms with Gasteiger partial charge in [0.1, 0.15) is 0 Å². The van der Waals surface area contributed by atoms with Crippen LogP contribution in [0.15, 0.2) is 254 Å². The van der Waals surface area contributed by atoms with Gasteiger partial charge in [-0.2, -0.15) is 0 Å². The molecule has 13 rings (SSSR count). The molecule has 0 bridgehead atoms. The summed E-state index contributed by atoms with van der Waals surface area (Å²) < 4.78 is 2.65. The van der Waals surface area contributed by atoms with Gasteiger partial charge in [-0.05, 0) is 122 Å². The number of aromatic nitrogens is 1. The van der Waals surface area contributed by atoms with Crippen LogP contribution in [0.4, 0.5) is 11.4 Å². The predicted octanol–water partition coefficient (Wildman–Crippen LogP) is 16.3. The number of nitrogens with zero attached hydrogens (tertiary/aromatic N) is 1. The summed E-state index contributed by atoms with van der Waals surface area (Å²) in [4.78, 5) is 0. The molecule has 1 N–H and O–H groups in total. The number of nitrogens with one attached hydrogen (secondary N) is 1. The predicted molar refractivity (Wildman–Crippen MR) is 277 cm³/mol. The van der Waals surface area contributed by atoms with Gasteiger partial charge < -0.3 is 9.88 Å². The van der Waals surface area contributed by atoms with Crippen molar-refractivity contribution >= 4 is 44.0 Å². The molecule has 66 heavy (non-hydrogen) atoms. The SMILES string of the molecule is CC1(n2c3ccc(-c4ccc(Nc5ccc6ccccc6c5)c(-c5ccccc5)c4)cc3c3cc4c(cc32)-c2ccccc2C4(c2ccccc2)c2ccccc2)C=CC=C2C=CC=CC21. The first-order valence-corrected chi connectivity index (χ1v) is 23.1. The summed E-state index contributed by atoms with van der Waals surface area (Å²) in [5, 5.41) is 8.76. The second-order valence-electron chi connectivity index (χ2n) is 18.3. The first kappa shape index (κ1) is 38.3. The van der Waals surface area contributed by atoms with Crippen LogP contribution in [0, 0.1) is 5.92 Å². The van der Waals surface area contributed by atoms with E-state index in [0.29, 0.717) is 0 Å². The monoisotopic (exact) mass is 842 g/mol. The van der Waals surface area contributed by atoms with E-state index < -0.39 is 5.41 Å². The molecule has 0 amide bonds. The van der Waals surface area contributed by atoms with Gasteiger partial charge in [0.05, 0.1) is 16.5 Å². The van der Waals surface area contributed by atoms with Gasteiger partial charge in [0, 0.05) is 39.1 Å². The third-order valence-electron chi connectivity index (χ3n) is 14.7. The number of hydrogen-bond acceptors (Lipinski definition) is 1. The number of allylic oxidation sites excluding steroid dienone is 8. The van der Waals surface area contributed by atoms with Crippen LogP contribution in [-0.4, -0.2) is 4.57 Å². The molecular weight excluding hydrogens is 797 g/mol. The molecule has 3 aliphatic carbocycles. The highest BCUT2D eigenvalue weighted by Gasteiger charge is 2.47. The lowest BCUT2D eigenvalue weighted by Gasteiger charge is -2.40. The minimum absolute atomic E-state index is 0.176. The smallest absolute Gasteiger partial charge is 0.0713 e. The van der Waals surface area contributed by atoms with Crippen LogP contribution in [0.1, 0.15) is 29.2 Å². The van der Waals surface area contributed by atoms with E-state index in [4.69, 9.17) is 0 Å². The molecular formula is C64H46N2. The minimum atomic E-state index is -0.505. The highest BCUT2D eigenvalue weighted by Crippen LogP contribution is 2.58. The average molecular weight is 843 g/mol. The average Bonchev–Trinajstić information content (AvgIpc) is 3.86. The van der Waals surface area contributed by atoms with Crippen LogP contribution >= 0.6 is 0 Å². The fourth-order valence-electron chi connectivity index (χ4n) is 11.7. The van der Waals surface area contributed by atoms with Crippen molar-refractivity contribution < 1.29 is 0 Å². The first-order chi connectivity index (χ1) is 32.6. The van der Waals surface area contributed by atoms with E-state index in [9.17, 15) is 0 Å². The zero-order valence-electron chi connectivity index (χ0n) is 36.7. The van der Waals surface area contributed by atoms with E-state index in [1.54, 1.807) is 0 Å². The summed E-state index contributed by atoms with van der Waals surface area (Å²) in [6, 6.07) is 76.5. The zero-order valence-corrected chi connectivity index (χ0v) is 36.7. The van der Waals surface area contributed by atoms with Crippen LogP contribution in [-0.2, 0) is 11.0 Å². The maximum atomic E-state index is 3.80. The summed E-state index contributed by atoms with van der Waals surface area (Å²) in [6.45, 7) is 2.42. The van der Waals surface area contributed by atoms with Gasteiger partial charge >= 0.3 is 0 Å². The number of benzene rings is 9. The topological polar surface area (TPSA) is 17.0 Å². The lowest BCUT2D eigenvalue weighted by atomic mass is 9.67. The van der Waals surface area contributed by atoms with Gasteiger partial charge in [0.15, 0.2) is 0 Å². The van der Waals surface area contributed by atoms with Gasteiger partial charge in [-0.15, -0.1) is 0 Å². The minimum Gasteiger partial charge on any atom is -0.355 e. The van der Waals surface area contributed by atoms with Gasteiger partial charge in [-0.3, -0.25) is 0 Å². The van der Waals surface area contributed by atoms with Crippen molar-refractivity contribution in [2.75, 3.05) is 5.32 Å². The summed E-state index contributed by atoms with van der Waals surface area (Å²) in [5.41, 5.74) is 17.5. The molecule has 0 saturated carbocycles. The van der Waals surface area contributed by atoms with Crippen molar-refractivity contribution in [1.82, 2.24) is 4.57 Å². The van der Waals surface area contributed by atoms with Gasteiger partial charge in [0.25, 0.3) is 0 Å². The normalized spacial score (nSPS) is 17.7. The number of hydrogen-bond donors (Lipinski definition) is 1. The summed E-state index contributed by atoms with van der Waals surface area (Å²) in [7, 11) is 0. The summed E-state index contributed by atoms with van der Waals surface area (Å²) in [6.07, 6.45) is 16.0. The number of rotatable bonds is 7. The van der Waals surface area contributed by atoms with Crippen molar-refractivity contribution in [1.29, 1.82) is 0 Å². The van der Waals surface area contributed by atoms with E-state index in [1.807, 2.05) is 0 Å². The van der Waals surface area contributed by atoms with Crippen molar-refractivity contribution in [3.05, 3.63) is 277 Å². The molecule has 0 spiro atoms. The third-order valence-corrected chi connectivity index (χ3v) is 14.7. The van der Waals surface area contributed by atoms with E-state index in [2.05, 4.69) is 266 Å². The summed E-state index contributed by atoms with van der Waals surface area (Å²) in [5.74, 6) is 0.176. The summed E-state index contributed by atoms with van der Waals surface area (Å²) >= 11 is 0. The largest absolute Gasteiger partial charge is 0.355 e. The molecule has 3 aliphatic rings. The Morgan fingerprint density at radius 2 is 1.15 bits per heavy atom. The molecule has 2 unspecified atom stereocenters.